The van der Waals surface area contributed by atoms with Gasteiger partial charge in [0.1, 0.15) is 18.7 Å². The lowest BCUT2D eigenvalue weighted by Gasteiger charge is -2.39. The van der Waals surface area contributed by atoms with Crippen LogP contribution in [0.1, 0.15) is 40.7 Å². The van der Waals surface area contributed by atoms with Crippen LogP contribution in [0.5, 0.6) is 0 Å². The third-order valence-corrected chi connectivity index (χ3v) is 7.47. The van der Waals surface area contributed by atoms with Crippen LogP contribution >= 0.6 is 0 Å². The molecule has 5 rings (SSSR count). The van der Waals surface area contributed by atoms with Crippen LogP contribution in [0.25, 0.3) is 0 Å². The van der Waals surface area contributed by atoms with Gasteiger partial charge in [-0.1, -0.05) is 60.7 Å². The number of rotatable bonds is 7. The molecule has 0 spiro atoms. The highest BCUT2D eigenvalue weighted by molar-refractivity contribution is 5.76. The van der Waals surface area contributed by atoms with E-state index in [2.05, 4.69) is 0 Å². The Morgan fingerprint density at radius 1 is 0.897 bits per heavy atom. The minimum absolute atomic E-state index is 0.0811. The summed E-state index contributed by atoms with van der Waals surface area (Å²) in [6, 6.07) is 21.8. The molecule has 2 aliphatic heterocycles. The topological polar surface area (TPSA) is 70.2 Å². The molecule has 202 valence electrons. The molecule has 0 atom stereocenters. The Morgan fingerprint density at radius 3 is 2.33 bits per heavy atom. The van der Waals surface area contributed by atoms with Crippen molar-refractivity contribution in [1.82, 2.24) is 14.7 Å². The number of aldehydes is 1. The van der Waals surface area contributed by atoms with Crippen molar-refractivity contribution in [2.24, 2.45) is 0 Å². The van der Waals surface area contributed by atoms with Gasteiger partial charge in [0, 0.05) is 45.2 Å². The van der Waals surface area contributed by atoms with E-state index in [0.717, 1.165) is 34.1 Å². The fourth-order valence-corrected chi connectivity index (χ4v) is 5.28. The Labute approximate surface area is 227 Å². The lowest BCUT2D eigenvalue weighted by atomic mass is 10.0. The molecule has 3 aromatic carbocycles. The molecule has 2 heterocycles. The fourth-order valence-electron chi connectivity index (χ4n) is 5.28. The summed E-state index contributed by atoms with van der Waals surface area (Å²) in [6.45, 7) is 2.29. The second-order valence-corrected chi connectivity index (χ2v) is 10.1. The van der Waals surface area contributed by atoms with Crippen molar-refractivity contribution in [3.05, 3.63) is 106 Å². The van der Waals surface area contributed by atoms with E-state index in [1.165, 1.54) is 12.1 Å². The Hall–Kier alpha value is -4.20. The fraction of sp³-hybridized carbons (Fsp3) is 0.323. The highest BCUT2D eigenvalue weighted by Crippen LogP contribution is 2.28. The molecule has 0 unspecified atom stereocenters. The summed E-state index contributed by atoms with van der Waals surface area (Å²) >= 11 is 0. The van der Waals surface area contributed by atoms with Gasteiger partial charge in [-0.25, -0.2) is 14.0 Å². The van der Waals surface area contributed by atoms with Crippen molar-refractivity contribution >= 4 is 18.4 Å². The summed E-state index contributed by atoms with van der Waals surface area (Å²) in [5, 5.41) is 0. The Bertz CT molecular complexity index is 1310. The largest absolute Gasteiger partial charge is 0.445 e. The third kappa shape index (κ3) is 6.45. The second kappa shape index (κ2) is 12.1. The Balaban J connectivity index is 1.27. The van der Waals surface area contributed by atoms with Crippen molar-refractivity contribution in [3.63, 3.8) is 0 Å². The highest BCUT2D eigenvalue weighted by Gasteiger charge is 2.35. The van der Waals surface area contributed by atoms with Gasteiger partial charge in [-0.15, -0.1) is 0 Å². The minimum atomic E-state index is -0.355. The van der Waals surface area contributed by atoms with E-state index in [9.17, 15) is 18.8 Å². The number of piperidine rings is 1. The SMILES string of the molecule is O=CCc1ccc(CN2Cc3ccc(F)cc3CN(C3CCN(C(=O)OCc4ccccc4)CC3)C2=O)cc1. The lowest BCUT2D eigenvalue weighted by Crippen LogP contribution is -2.51. The number of halogens is 1. The molecule has 0 N–H and O–H groups in total. The van der Waals surface area contributed by atoms with Crippen molar-refractivity contribution in [1.29, 1.82) is 0 Å². The molecule has 0 aromatic heterocycles. The summed E-state index contributed by atoms with van der Waals surface area (Å²) in [5.41, 5.74) is 4.54. The van der Waals surface area contributed by atoms with Gasteiger partial charge in [0.15, 0.2) is 0 Å². The predicted molar refractivity (Wildman–Crippen MR) is 144 cm³/mol. The molecule has 3 amide bonds. The number of nitrogens with zero attached hydrogens (tertiary/aromatic N) is 3. The number of ether oxygens (including phenoxy) is 1. The van der Waals surface area contributed by atoms with Crippen LogP contribution < -0.4 is 0 Å². The average molecular weight is 530 g/mol. The zero-order valence-corrected chi connectivity index (χ0v) is 21.8. The van der Waals surface area contributed by atoms with Crippen LogP contribution in [0.3, 0.4) is 0 Å². The minimum Gasteiger partial charge on any atom is -0.445 e. The number of carbonyl (C=O) groups excluding carboxylic acids is 3. The molecule has 1 fully saturated rings. The van der Waals surface area contributed by atoms with E-state index in [4.69, 9.17) is 4.74 Å². The monoisotopic (exact) mass is 529 g/mol. The van der Waals surface area contributed by atoms with E-state index >= 15 is 0 Å². The normalized spacial score (nSPS) is 16.0. The van der Waals surface area contributed by atoms with Crippen LogP contribution in [0, 0.1) is 5.82 Å². The zero-order valence-electron chi connectivity index (χ0n) is 21.8. The maximum atomic E-state index is 14.2. The first-order valence-electron chi connectivity index (χ1n) is 13.3. The smallest absolute Gasteiger partial charge is 0.410 e. The quantitative estimate of drug-likeness (QED) is 0.389. The lowest BCUT2D eigenvalue weighted by molar-refractivity contribution is -0.107. The first-order chi connectivity index (χ1) is 19.0. The van der Waals surface area contributed by atoms with Gasteiger partial charge in [-0.3, -0.25) is 0 Å². The number of hydrogen-bond donors (Lipinski definition) is 0. The van der Waals surface area contributed by atoms with Crippen LogP contribution in [0.15, 0.2) is 72.8 Å². The molecular formula is C31H32FN3O4. The van der Waals surface area contributed by atoms with Crippen molar-refractivity contribution in [3.8, 4) is 0 Å². The van der Waals surface area contributed by atoms with Gasteiger partial charge < -0.3 is 24.2 Å². The number of fused-ring (bicyclic) bond motifs is 1. The molecule has 0 saturated carbocycles. The van der Waals surface area contributed by atoms with Gasteiger partial charge in [0.25, 0.3) is 0 Å². The van der Waals surface area contributed by atoms with E-state index in [1.807, 2.05) is 59.5 Å². The molecule has 0 radical (unpaired) electrons. The number of likely N-dealkylation sites (tertiary alicyclic amines) is 1. The van der Waals surface area contributed by atoms with Gasteiger partial charge >= 0.3 is 12.1 Å². The Morgan fingerprint density at radius 2 is 1.62 bits per heavy atom. The van der Waals surface area contributed by atoms with Crippen molar-refractivity contribution < 1.29 is 23.5 Å². The summed E-state index contributed by atoms with van der Waals surface area (Å²) in [5.74, 6) is -0.323. The molecule has 7 nitrogen and oxygen atoms in total. The average Bonchev–Trinajstić information content (AvgIpc) is 3.09. The molecule has 0 bridgehead atoms. The van der Waals surface area contributed by atoms with Gasteiger partial charge in [0.2, 0.25) is 0 Å². The molecule has 2 aliphatic rings. The molecule has 1 saturated heterocycles. The van der Waals surface area contributed by atoms with E-state index in [1.54, 1.807) is 15.9 Å². The second-order valence-electron chi connectivity index (χ2n) is 10.1. The summed E-state index contributed by atoms with van der Waals surface area (Å²) < 4.78 is 19.7. The predicted octanol–water partition coefficient (Wildman–Crippen LogP) is 5.31. The van der Waals surface area contributed by atoms with Crippen molar-refractivity contribution in [2.75, 3.05) is 13.1 Å². The first kappa shape index (κ1) is 26.4. The van der Waals surface area contributed by atoms with Gasteiger partial charge in [0.05, 0.1) is 0 Å². The van der Waals surface area contributed by atoms with Crippen LogP contribution in [-0.2, 0) is 42.2 Å². The molecule has 39 heavy (non-hydrogen) atoms. The first-order valence-corrected chi connectivity index (χ1v) is 13.3. The van der Waals surface area contributed by atoms with E-state index < -0.39 is 0 Å². The molecule has 3 aromatic rings. The molecule has 0 aliphatic carbocycles. The Kier molecular flexibility index (Phi) is 8.20. The van der Waals surface area contributed by atoms with Gasteiger partial charge in [-0.2, -0.15) is 0 Å². The van der Waals surface area contributed by atoms with Crippen LogP contribution in [0.2, 0.25) is 0 Å². The number of hydrogen-bond acceptors (Lipinski definition) is 4. The summed E-state index contributed by atoms with van der Waals surface area (Å²) in [7, 11) is 0. The molecular weight excluding hydrogens is 497 g/mol. The highest BCUT2D eigenvalue weighted by atomic mass is 19.1. The zero-order chi connectivity index (χ0) is 27.2. The molecule has 8 heteroatoms. The van der Waals surface area contributed by atoms with E-state index in [-0.39, 0.29) is 30.6 Å². The van der Waals surface area contributed by atoms with Gasteiger partial charge in [-0.05, 0) is 52.8 Å². The number of amides is 3. The number of urea groups is 1. The van der Waals surface area contributed by atoms with E-state index in [0.29, 0.717) is 52.0 Å². The summed E-state index contributed by atoms with van der Waals surface area (Å²) in [6.07, 6.45) is 2.10. The maximum absolute atomic E-state index is 14.2. The van der Waals surface area contributed by atoms with Crippen molar-refractivity contribution in [2.45, 2.75) is 51.5 Å². The van der Waals surface area contributed by atoms with Crippen LogP contribution in [-0.4, -0.2) is 52.2 Å². The standard InChI is InChI=1S/C31H32FN3O4/c32-28-11-10-26-20-34(19-24-8-6-23(7-9-24)14-17-36)30(37)35(21-27(26)18-28)29-12-15-33(16-13-29)31(38)39-22-25-4-2-1-3-5-25/h1-11,17-18,29H,12-16,19-22H2. The summed E-state index contributed by atoms with van der Waals surface area (Å²) in [4.78, 5) is 42.6. The number of benzene rings is 3. The number of carbonyl (C=O) groups is 3. The maximum Gasteiger partial charge on any atom is 0.410 e. The third-order valence-electron chi connectivity index (χ3n) is 7.47. The van der Waals surface area contributed by atoms with Crippen LogP contribution in [0.4, 0.5) is 14.0 Å².